The van der Waals surface area contributed by atoms with Crippen LogP contribution in [0.1, 0.15) is 23.6 Å². The van der Waals surface area contributed by atoms with Gasteiger partial charge in [0.15, 0.2) is 11.5 Å². The number of carbonyl (C=O) groups excluding carboxylic acids is 3. The molecule has 1 aliphatic heterocycles. The lowest BCUT2D eigenvalue weighted by Crippen LogP contribution is -2.54. The normalized spacial score (nSPS) is 14.4. The predicted octanol–water partition coefficient (Wildman–Crippen LogP) is 5.85. The van der Waals surface area contributed by atoms with Gasteiger partial charge in [-0.3, -0.25) is 14.9 Å². The Morgan fingerprint density at radius 3 is 2.50 bits per heavy atom. The van der Waals surface area contributed by atoms with E-state index >= 15 is 0 Å². The van der Waals surface area contributed by atoms with Crippen LogP contribution >= 0.6 is 11.6 Å². The number of rotatable bonds is 9. The Morgan fingerprint density at radius 1 is 1.05 bits per heavy atom. The average Bonchev–Trinajstić information content (AvgIpc) is 2.87. The molecule has 0 bridgehead atoms. The SMILES string of the molecule is C=CCc1cc(/C=C2\C(=O)NC(=O)N(c3ccc(Cl)cc3)C2=O)cc(OCC)c1OCc1cccc(F)c1. The number of anilines is 1. The van der Waals surface area contributed by atoms with E-state index in [-0.39, 0.29) is 23.7 Å². The van der Waals surface area contributed by atoms with Crippen LogP contribution < -0.4 is 19.7 Å². The van der Waals surface area contributed by atoms with E-state index in [1.807, 2.05) is 6.92 Å². The summed E-state index contributed by atoms with van der Waals surface area (Å²) in [6, 6.07) is 14.7. The molecule has 3 aromatic carbocycles. The second kappa shape index (κ2) is 11.7. The number of nitrogens with zero attached hydrogens (tertiary/aromatic N) is 1. The molecule has 1 aliphatic rings. The Balaban J connectivity index is 1.71. The zero-order valence-electron chi connectivity index (χ0n) is 20.5. The molecule has 38 heavy (non-hydrogen) atoms. The van der Waals surface area contributed by atoms with Crippen LogP contribution in [0.2, 0.25) is 5.02 Å². The number of halogens is 2. The first-order valence-electron chi connectivity index (χ1n) is 11.8. The summed E-state index contributed by atoms with van der Waals surface area (Å²) in [5.74, 6) is -1.15. The van der Waals surface area contributed by atoms with E-state index in [9.17, 15) is 18.8 Å². The van der Waals surface area contributed by atoms with E-state index in [1.165, 1.54) is 42.5 Å². The summed E-state index contributed by atoms with van der Waals surface area (Å²) < 4.78 is 25.5. The maximum atomic E-state index is 13.6. The number of amides is 4. The molecule has 3 aromatic rings. The van der Waals surface area contributed by atoms with Gasteiger partial charge in [0, 0.05) is 10.6 Å². The fourth-order valence-electron chi connectivity index (χ4n) is 3.93. The second-order valence-electron chi connectivity index (χ2n) is 8.29. The van der Waals surface area contributed by atoms with Gasteiger partial charge in [0.05, 0.1) is 12.3 Å². The van der Waals surface area contributed by atoms with Crippen LogP contribution in [0.4, 0.5) is 14.9 Å². The molecule has 4 rings (SSSR count). The predicted molar refractivity (Wildman–Crippen MR) is 143 cm³/mol. The highest BCUT2D eigenvalue weighted by atomic mass is 35.5. The molecule has 9 heteroatoms. The van der Waals surface area contributed by atoms with Gasteiger partial charge in [-0.05, 0) is 79.1 Å². The molecule has 0 radical (unpaired) electrons. The zero-order valence-corrected chi connectivity index (χ0v) is 21.3. The summed E-state index contributed by atoms with van der Waals surface area (Å²) in [5, 5.41) is 2.63. The molecular weight excluding hydrogens is 511 g/mol. The van der Waals surface area contributed by atoms with E-state index in [0.717, 1.165) is 4.90 Å². The van der Waals surface area contributed by atoms with Crippen LogP contribution in [0.25, 0.3) is 6.08 Å². The minimum Gasteiger partial charge on any atom is -0.490 e. The lowest BCUT2D eigenvalue weighted by atomic mass is 10.0. The molecule has 7 nitrogen and oxygen atoms in total. The lowest BCUT2D eigenvalue weighted by molar-refractivity contribution is -0.122. The zero-order chi connectivity index (χ0) is 27.2. The Kier molecular flexibility index (Phi) is 8.23. The van der Waals surface area contributed by atoms with Gasteiger partial charge in [0.25, 0.3) is 11.8 Å². The Morgan fingerprint density at radius 2 is 1.82 bits per heavy atom. The Hall–Kier alpha value is -4.43. The van der Waals surface area contributed by atoms with E-state index < -0.39 is 17.8 Å². The van der Waals surface area contributed by atoms with Crippen molar-refractivity contribution in [1.29, 1.82) is 0 Å². The number of nitrogens with one attached hydrogen (secondary N) is 1. The van der Waals surface area contributed by atoms with E-state index in [0.29, 0.717) is 46.2 Å². The van der Waals surface area contributed by atoms with Crippen molar-refractivity contribution in [2.45, 2.75) is 20.0 Å². The van der Waals surface area contributed by atoms with E-state index in [1.54, 1.807) is 30.3 Å². The number of allylic oxidation sites excluding steroid dienone is 1. The summed E-state index contributed by atoms with van der Waals surface area (Å²) in [5.41, 5.74) is 1.83. The standard InChI is InChI=1S/C29H24ClFN2O5/c1-3-6-20-13-19(16-25(37-4-2)26(20)38-17-18-7-5-8-22(31)14-18)15-24-27(34)32-29(36)33(28(24)35)23-11-9-21(30)10-12-23/h3,5,7-16H,1,4,6,17H2,2H3,(H,32,34,36)/b24-15+. The third-order valence-electron chi connectivity index (χ3n) is 5.59. The molecular formula is C29H24ClFN2O5. The monoisotopic (exact) mass is 534 g/mol. The number of carbonyl (C=O) groups is 3. The van der Waals surface area contributed by atoms with Crippen molar-refractivity contribution in [3.63, 3.8) is 0 Å². The molecule has 0 unspecified atom stereocenters. The van der Waals surface area contributed by atoms with Gasteiger partial charge in [-0.1, -0.05) is 29.8 Å². The third-order valence-corrected chi connectivity index (χ3v) is 5.84. The number of ether oxygens (including phenoxy) is 2. The van der Waals surface area contributed by atoms with Gasteiger partial charge >= 0.3 is 6.03 Å². The third kappa shape index (κ3) is 5.92. The van der Waals surface area contributed by atoms with Crippen molar-refractivity contribution in [2.24, 2.45) is 0 Å². The molecule has 4 amide bonds. The number of barbiturate groups is 1. The highest BCUT2D eigenvalue weighted by molar-refractivity contribution is 6.39. The van der Waals surface area contributed by atoms with Gasteiger partial charge in [-0.25, -0.2) is 14.1 Å². The minimum absolute atomic E-state index is 0.0987. The summed E-state index contributed by atoms with van der Waals surface area (Å²) in [4.78, 5) is 39.2. The van der Waals surface area contributed by atoms with Crippen molar-refractivity contribution in [2.75, 3.05) is 11.5 Å². The van der Waals surface area contributed by atoms with Crippen molar-refractivity contribution in [3.05, 3.63) is 106 Å². The maximum Gasteiger partial charge on any atom is 0.335 e. The first-order chi connectivity index (χ1) is 18.3. The van der Waals surface area contributed by atoms with Crippen molar-refractivity contribution < 1.29 is 28.2 Å². The highest BCUT2D eigenvalue weighted by Gasteiger charge is 2.36. The van der Waals surface area contributed by atoms with E-state index in [4.69, 9.17) is 21.1 Å². The maximum absolute atomic E-state index is 13.6. The highest BCUT2D eigenvalue weighted by Crippen LogP contribution is 2.36. The topological polar surface area (TPSA) is 84.9 Å². The number of hydrogen-bond donors (Lipinski definition) is 1. The van der Waals surface area contributed by atoms with Crippen LogP contribution in [0.5, 0.6) is 11.5 Å². The average molecular weight is 535 g/mol. The van der Waals surface area contributed by atoms with Crippen LogP contribution in [0, 0.1) is 5.82 Å². The van der Waals surface area contributed by atoms with Gasteiger partial charge in [-0.15, -0.1) is 6.58 Å². The second-order valence-corrected chi connectivity index (χ2v) is 8.72. The molecule has 0 atom stereocenters. The number of imide groups is 2. The molecule has 1 heterocycles. The molecule has 0 spiro atoms. The summed E-state index contributed by atoms with van der Waals surface area (Å²) in [6.45, 7) is 6.03. The summed E-state index contributed by atoms with van der Waals surface area (Å²) >= 11 is 5.93. The molecule has 1 saturated heterocycles. The molecule has 1 fully saturated rings. The van der Waals surface area contributed by atoms with Crippen molar-refractivity contribution >= 4 is 41.2 Å². The van der Waals surface area contributed by atoms with Crippen LogP contribution in [0.15, 0.2) is 78.9 Å². The van der Waals surface area contributed by atoms with Gasteiger partial charge in [-0.2, -0.15) is 0 Å². The molecule has 194 valence electrons. The fourth-order valence-corrected chi connectivity index (χ4v) is 4.06. The lowest BCUT2D eigenvalue weighted by Gasteiger charge is -2.26. The molecule has 0 aliphatic carbocycles. The number of hydrogen-bond acceptors (Lipinski definition) is 5. The first kappa shape index (κ1) is 26.6. The van der Waals surface area contributed by atoms with Gasteiger partial charge < -0.3 is 9.47 Å². The molecule has 0 aromatic heterocycles. The Bertz CT molecular complexity index is 1440. The molecule has 1 N–H and O–H groups in total. The Labute approximate surface area is 224 Å². The van der Waals surface area contributed by atoms with Gasteiger partial charge in [0.1, 0.15) is 18.0 Å². The first-order valence-corrected chi connectivity index (χ1v) is 12.1. The smallest absolute Gasteiger partial charge is 0.335 e. The quantitative estimate of drug-likeness (QED) is 0.211. The van der Waals surface area contributed by atoms with Gasteiger partial charge in [0.2, 0.25) is 0 Å². The molecule has 0 saturated carbocycles. The van der Waals surface area contributed by atoms with Crippen LogP contribution in [-0.2, 0) is 22.6 Å². The summed E-state index contributed by atoms with van der Waals surface area (Å²) in [6.07, 6.45) is 3.46. The van der Waals surface area contributed by atoms with Crippen molar-refractivity contribution in [1.82, 2.24) is 5.32 Å². The largest absolute Gasteiger partial charge is 0.490 e. The minimum atomic E-state index is -0.858. The number of benzene rings is 3. The van der Waals surface area contributed by atoms with Crippen LogP contribution in [0.3, 0.4) is 0 Å². The fraction of sp³-hybridized carbons (Fsp3) is 0.138. The number of urea groups is 1. The van der Waals surface area contributed by atoms with Crippen LogP contribution in [-0.4, -0.2) is 24.5 Å². The van der Waals surface area contributed by atoms with E-state index in [2.05, 4.69) is 11.9 Å². The van der Waals surface area contributed by atoms with Crippen molar-refractivity contribution in [3.8, 4) is 11.5 Å². The summed E-state index contributed by atoms with van der Waals surface area (Å²) in [7, 11) is 0.